The third-order valence-electron chi connectivity index (χ3n) is 9.63. The van der Waals surface area contributed by atoms with Crippen molar-refractivity contribution >= 4 is 11.7 Å². The van der Waals surface area contributed by atoms with Crippen LogP contribution >= 0.6 is 0 Å². The van der Waals surface area contributed by atoms with E-state index in [-0.39, 0.29) is 44.4 Å². The number of nitrogens with two attached hydrogens (primary N) is 5. The molecule has 2 aliphatic carbocycles. The van der Waals surface area contributed by atoms with Gasteiger partial charge < -0.3 is 78.7 Å². The molecule has 270 valence electrons. The number of nitrogens with one attached hydrogen (secondary N) is 2. The average molecular weight is 673 g/mol. The van der Waals surface area contributed by atoms with Gasteiger partial charge in [-0.25, -0.2) is 0 Å². The zero-order chi connectivity index (χ0) is 34.5. The van der Waals surface area contributed by atoms with E-state index in [1.165, 1.54) is 6.92 Å². The molecule has 17 heteroatoms. The van der Waals surface area contributed by atoms with Crippen LogP contribution in [0.2, 0.25) is 0 Å². The maximum atomic E-state index is 13.1. The van der Waals surface area contributed by atoms with Gasteiger partial charge in [0.15, 0.2) is 18.0 Å². The second-order valence-electron chi connectivity index (χ2n) is 13.7. The van der Waals surface area contributed by atoms with Crippen LogP contribution in [-0.4, -0.2) is 138 Å². The van der Waals surface area contributed by atoms with Gasteiger partial charge in [0.1, 0.15) is 35.8 Å². The number of ketones is 1. The van der Waals surface area contributed by atoms with Crippen LogP contribution in [0.3, 0.4) is 0 Å². The third-order valence-corrected chi connectivity index (χ3v) is 9.63. The van der Waals surface area contributed by atoms with Gasteiger partial charge in [0.25, 0.3) is 0 Å². The summed E-state index contributed by atoms with van der Waals surface area (Å²) in [4.78, 5) is 16.9. The Hall–Kier alpha value is -2.00. The van der Waals surface area contributed by atoms with Crippen molar-refractivity contribution in [2.75, 3.05) is 33.3 Å². The molecular formula is C30H56N8O9. The number of aliphatic hydroxyl groups excluding tert-OH is 3. The predicted octanol–water partition coefficient (Wildman–Crippen LogP) is -4.21. The lowest BCUT2D eigenvalue weighted by atomic mass is 9.76. The molecule has 3 fully saturated rings. The molecule has 0 amide bonds. The van der Waals surface area contributed by atoms with Crippen LogP contribution in [0.15, 0.2) is 16.8 Å². The Labute approximate surface area is 275 Å². The van der Waals surface area contributed by atoms with Crippen LogP contribution in [0.1, 0.15) is 45.4 Å². The van der Waals surface area contributed by atoms with Gasteiger partial charge >= 0.3 is 0 Å². The molecule has 0 aromatic heterocycles. The Kier molecular flexibility index (Phi) is 13.4. The summed E-state index contributed by atoms with van der Waals surface area (Å²) in [6.07, 6.45) is -4.14. The highest BCUT2D eigenvalue weighted by Gasteiger charge is 2.51. The number of hydrogen-bond acceptors (Lipinski definition) is 15. The molecule has 2 saturated carbocycles. The highest BCUT2D eigenvalue weighted by Crippen LogP contribution is 2.36. The largest absolute Gasteiger partial charge is 0.467 e. The Morgan fingerprint density at radius 1 is 1.11 bits per heavy atom. The zero-order valence-corrected chi connectivity index (χ0v) is 27.3. The van der Waals surface area contributed by atoms with Crippen molar-refractivity contribution in [2.24, 2.45) is 45.5 Å². The number of aliphatic imine (C=N–C) groups is 1. The molecular weight excluding hydrogens is 616 g/mol. The Morgan fingerprint density at radius 2 is 1.81 bits per heavy atom. The molecule has 2 heterocycles. The van der Waals surface area contributed by atoms with E-state index in [4.69, 9.17) is 47.6 Å². The van der Waals surface area contributed by atoms with Gasteiger partial charge in [-0.1, -0.05) is 0 Å². The van der Waals surface area contributed by atoms with Crippen molar-refractivity contribution < 1.29 is 44.2 Å². The lowest BCUT2D eigenvalue weighted by molar-refractivity contribution is -0.308. The minimum absolute atomic E-state index is 0.00544. The quantitative estimate of drug-likeness (QED) is 0.0580. The van der Waals surface area contributed by atoms with E-state index in [0.29, 0.717) is 24.6 Å². The first-order valence-electron chi connectivity index (χ1n) is 16.5. The smallest absolute Gasteiger partial charge is 0.215 e. The van der Waals surface area contributed by atoms with Gasteiger partial charge in [-0.15, -0.1) is 0 Å². The van der Waals surface area contributed by atoms with E-state index in [0.717, 1.165) is 19.4 Å². The maximum Gasteiger partial charge on any atom is 0.215 e. The average Bonchev–Trinajstić information content (AvgIpc) is 2.98. The molecule has 0 spiro atoms. The SMILES string of the molecule is CN[C@@H]1[C@@H](O)[C@@H](O[C@H]2[C@H](CC(=O)[C@@H](O)CCN=C(N)N)C[C@H](N)C(O[C@H]3OC(CNCC4CC(N)C4)=CC[C@H]3N)[C@@H]2O)OC[C@]1(C)O. The number of carbonyl (C=O) groups is 1. The molecule has 0 bridgehead atoms. The summed E-state index contributed by atoms with van der Waals surface area (Å²) in [7, 11) is 1.59. The van der Waals surface area contributed by atoms with Crippen LogP contribution in [0, 0.1) is 11.8 Å². The summed E-state index contributed by atoms with van der Waals surface area (Å²) >= 11 is 0. The predicted molar refractivity (Wildman–Crippen MR) is 171 cm³/mol. The van der Waals surface area contributed by atoms with Gasteiger partial charge in [-0.3, -0.25) is 9.79 Å². The molecule has 2 aliphatic heterocycles. The summed E-state index contributed by atoms with van der Waals surface area (Å²) in [5.74, 6) is -0.172. The first-order valence-corrected chi connectivity index (χ1v) is 16.5. The molecule has 1 unspecified atom stereocenters. The summed E-state index contributed by atoms with van der Waals surface area (Å²) in [6, 6.07) is -1.85. The van der Waals surface area contributed by atoms with E-state index in [2.05, 4.69) is 15.6 Å². The minimum Gasteiger partial charge on any atom is -0.467 e. The number of Topliss-reactive ketones (excluding diaryl/α,β-unsaturated/α-hetero) is 1. The number of nitrogens with zero attached hydrogens (tertiary/aromatic N) is 1. The van der Waals surface area contributed by atoms with Gasteiger partial charge in [0.2, 0.25) is 6.29 Å². The fourth-order valence-electron chi connectivity index (χ4n) is 6.92. The molecule has 17 nitrogen and oxygen atoms in total. The standard InChI is InChI=1S/C30H56N8O9/c1-30(43)13-44-28(23(42)26(30)36-2)46-24-15(10-21(40)20(39)5-6-38-29(34)35)9-19(33)25(22(24)41)47-27-18(32)4-3-17(45-27)12-37-11-14-7-16(31)8-14/h3,14-16,18-20,22-28,36-37,39,41-43H,4-13,31-33H2,1-2H3,(H4,34,35,38)/t14?,15-,16?,18+,19-,20-,22+,23+,24-,25?,26+,27+,28+,30-/m0/s1. The van der Waals surface area contributed by atoms with E-state index in [9.17, 15) is 25.2 Å². The van der Waals surface area contributed by atoms with E-state index in [1.54, 1.807) is 7.05 Å². The number of hydrogen-bond donors (Lipinski definition) is 11. The Balaban J connectivity index is 1.45. The zero-order valence-electron chi connectivity index (χ0n) is 27.3. The number of carbonyl (C=O) groups excluding carboxylic acids is 1. The minimum atomic E-state index is -1.41. The Morgan fingerprint density at radius 3 is 2.47 bits per heavy atom. The molecule has 4 rings (SSSR count). The van der Waals surface area contributed by atoms with E-state index in [1.807, 2.05) is 6.08 Å². The summed E-state index contributed by atoms with van der Waals surface area (Å²) in [5.41, 5.74) is 28.1. The number of ether oxygens (including phenoxy) is 4. The molecule has 1 saturated heterocycles. The first-order chi connectivity index (χ1) is 22.2. The van der Waals surface area contributed by atoms with Crippen LogP contribution in [0.5, 0.6) is 0 Å². The third kappa shape index (κ3) is 9.80. The molecule has 16 N–H and O–H groups in total. The normalized spacial score (nSPS) is 41.3. The molecule has 4 aliphatic rings. The second kappa shape index (κ2) is 16.6. The van der Waals surface area contributed by atoms with Gasteiger partial charge in [0, 0.05) is 31.5 Å². The highest BCUT2D eigenvalue weighted by molar-refractivity contribution is 5.83. The van der Waals surface area contributed by atoms with Crippen molar-refractivity contribution in [1.29, 1.82) is 0 Å². The van der Waals surface area contributed by atoms with Crippen LogP contribution in [-0.2, 0) is 23.7 Å². The second-order valence-corrected chi connectivity index (χ2v) is 13.7. The molecule has 0 aromatic carbocycles. The summed E-state index contributed by atoms with van der Waals surface area (Å²) in [6.45, 7) is 2.70. The van der Waals surface area contributed by atoms with Gasteiger partial charge in [0.05, 0.1) is 31.3 Å². The van der Waals surface area contributed by atoms with E-state index >= 15 is 0 Å². The van der Waals surface area contributed by atoms with Crippen molar-refractivity contribution in [3.05, 3.63) is 11.8 Å². The number of rotatable bonds is 15. The van der Waals surface area contributed by atoms with Crippen LogP contribution in [0.25, 0.3) is 0 Å². The molecule has 47 heavy (non-hydrogen) atoms. The molecule has 12 atom stereocenters. The molecule has 0 radical (unpaired) electrons. The lowest BCUT2D eigenvalue weighted by Crippen LogP contribution is -2.67. The van der Waals surface area contributed by atoms with Crippen molar-refractivity contribution in [1.82, 2.24) is 10.6 Å². The van der Waals surface area contributed by atoms with Crippen molar-refractivity contribution in [3.8, 4) is 0 Å². The van der Waals surface area contributed by atoms with Crippen LogP contribution in [0.4, 0.5) is 0 Å². The monoisotopic (exact) mass is 672 g/mol. The van der Waals surface area contributed by atoms with Crippen LogP contribution < -0.4 is 39.3 Å². The number of aliphatic hydroxyl groups is 4. The molecule has 0 aromatic rings. The lowest BCUT2D eigenvalue weighted by Gasteiger charge is -2.48. The first kappa shape index (κ1) is 37.8. The number of likely N-dealkylation sites (N-methyl/N-ethyl adjacent to an activating group) is 1. The topological polar surface area (TPSA) is 301 Å². The van der Waals surface area contributed by atoms with Gasteiger partial charge in [-0.2, -0.15) is 0 Å². The fraction of sp³-hybridized carbons (Fsp3) is 0.867. The summed E-state index contributed by atoms with van der Waals surface area (Å²) in [5, 5.41) is 50.3. The van der Waals surface area contributed by atoms with Gasteiger partial charge in [-0.05, 0) is 64.1 Å². The maximum absolute atomic E-state index is 13.1. The number of guanidine groups is 1. The Bertz CT molecular complexity index is 1090. The van der Waals surface area contributed by atoms with Crippen molar-refractivity contribution in [2.45, 2.75) is 118 Å². The van der Waals surface area contributed by atoms with Crippen molar-refractivity contribution in [3.63, 3.8) is 0 Å². The highest BCUT2D eigenvalue weighted by atomic mass is 16.7. The fourth-order valence-corrected chi connectivity index (χ4v) is 6.92. The van der Waals surface area contributed by atoms with E-state index < -0.39 is 78.5 Å². The summed E-state index contributed by atoms with van der Waals surface area (Å²) < 4.78 is 24.2.